The van der Waals surface area contributed by atoms with Crippen molar-refractivity contribution in [3.63, 3.8) is 0 Å². The molecule has 0 atom stereocenters. The van der Waals surface area contributed by atoms with Crippen LogP contribution in [0.5, 0.6) is 0 Å². The van der Waals surface area contributed by atoms with Crippen LogP contribution in [0, 0.1) is 0 Å². The molecule has 0 saturated carbocycles. The van der Waals surface area contributed by atoms with Crippen molar-refractivity contribution < 1.29 is 15.1 Å². The van der Waals surface area contributed by atoms with Gasteiger partial charge in [0.2, 0.25) is 0 Å². The fourth-order valence-electron chi connectivity index (χ4n) is 0.629. The molecular formula is C5H5NO3. The molecule has 1 rings (SSSR count). The molecule has 0 aromatic heterocycles. The first kappa shape index (κ1) is 5.81. The lowest BCUT2D eigenvalue weighted by atomic mass is 10.3. The van der Waals surface area contributed by atoms with E-state index in [-0.39, 0.29) is 23.7 Å². The van der Waals surface area contributed by atoms with Gasteiger partial charge in [-0.25, -0.2) is 0 Å². The summed E-state index contributed by atoms with van der Waals surface area (Å²) in [6.07, 6.45) is 1.04. The molecule has 9 heavy (non-hydrogen) atoms. The topological polar surface area (TPSA) is 69.9 Å². The Balaban J connectivity index is 2.89. The zero-order chi connectivity index (χ0) is 6.85. The molecule has 0 spiro atoms. The Morgan fingerprint density at radius 2 is 2.33 bits per heavy atom. The van der Waals surface area contributed by atoms with Gasteiger partial charge in [0, 0.05) is 6.08 Å². The maximum atomic E-state index is 10.4. The third-order valence-corrected chi connectivity index (χ3v) is 1.06. The molecule has 0 radical (unpaired) electrons. The predicted molar refractivity (Wildman–Crippen MR) is 29.6 cm³/mol. The fraction of sp³-hybridized carbons (Fsp3) is 0.200. The fourth-order valence-corrected chi connectivity index (χ4v) is 0.629. The first-order valence-electron chi connectivity index (χ1n) is 2.39. The summed E-state index contributed by atoms with van der Waals surface area (Å²) in [6.45, 7) is 0. The summed E-state index contributed by atoms with van der Waals surface area (Å²) in [5, 5.41) is 19.5. The first-order chi connectivity index (χ1) is 4.24. The molecule has 0 aliphatic heterocycles. The van der Waals surface area contributed by atoms with Gasteiger partial charge in [0.05, 0.1) is 6.42 Å². The number of ketones is 1. The van der Waals surface area contributed by atoms with E-state index in [0.717, 1.165) is 6.08 Å². The normalized spacial score (nSPS) is 22.9. The summed E-state index contributed by atoms with van der Waals surface area (Å²) in [5.41, 5.74) is 0.0417. The maximum absolute atomic E-state index is 10.4. The highest BCUT2D eigenvalue weighted by molar-refractivity contribution is 6.20. The summed E-state index contributed by atoms with van der Waals surface area (Å²) >= 11 is 0. The molecule has 0 aromatic rings. The van der Waals surface area contributed by atoms with E-state index in [9.17, 15) is 4.79 Å². The zero-order valence-corrected chi connectivity index (χ0v) is 4.53. The standard InChI is InChI=1S/C5H5NO3/c7-3-1-4(6-9)5(8)2-3/h2,8-9H,1H2. The predicted octanol–water partition coefficient (Wildman–Crippen LogP) is 0.231. The van der Waals surface area contributed by atoms with Gasteiger partial charge in [-0.15, -0.1) is 0 Å². The van der Waals surface area contributed by atoms with Crippen molar-refractivity contribution in [3.8, 4) is 0 Å². The van der Waals surface area contributed by atoms with Crippen LogP contribution in [0.3, 0.4) is 0 Å². The minimum atomic E-state index is -0.236. The van der Waals surface area contributed by atoms with E-state index < -0.39 is 0 Å². The van der Waals surface area contributed by atoms with Crippen molar-refractivity contribution in [2.24, 2.45) is 5.16 Å². The smallest absolute Gasteiger partial charge is 0.165 e. The number of hydrogen-bond acceptors (Lipinski definition) is 4. The summed E-state index contributed by atoms with van der Waals surface area (Å²) < 4.78 is 0. The molecule has 0 amide bonds. The Labute approximate surface area is 51.1 Å². The van der Waals surface area contributed by atoms with Crippen molar-refractivity contribution in [3.05, 3.63) is 11.8 Å². The molecule has 48 valence electrons. The van der Waals surface area contributed by atoms with E-state index in [1.165, 1.54) is 0 Å². The number of aliphatic hydroxyl groups excluding tert-OH is 1. The van der Waals surface area contributed by atoms with Crippen LogP contribution < -0.4 is 0 Å². The van der Waals surface area contributed by atoms with Crippen LogP contribution in [-0.4, -0.2) is 21.8 Å². The third kappa shape index (κ3) is 0.910. The lowest BCUT2D eigenvalue weighted by Crippen LogP contribution is -1.97. The van der Waals surface area contributed by atoms with Crippen LogP contribution in [0.25, 0.3) is 0 Å². The van der Waals surface area contributed by atoms with Gasteiger partial charge in [0.1, 0.15) is 11.5 Å². The average Bonchev–Trinajstić information content (AvgIpc) is 2.10. The Hall–Kier alpha value is -1.32. The minimum absolute atomic E-state index is 0.00231. The molecule has 0 fully saturated rings. The van der Waals surface area contributed by atoms with E-state index in [4.69, 9.17) is 10.3 Å². The summed E-state index contributed by atoms with van der Waals surface area (Å²) in [6, 6.07) is 0. The quantitative estimate of drug-likeness (QED) is 0.361. The molecule has 0 aromatic carbocycles. The van der Waals surface area contributed by atoms with E-state index in [0.29, 0.717) is 0 Å². The summed E-state index contributed by atoms with van der Waals surface area (Å²) in [7, 11) is 0. The van der Waals surface area contributed by atoms with Crippen molar-refractivity contribution >= 4 is 11.5 Å². The highest BCUT2D eigenvalue weighted by Gasteiger charge is 2.18. The van der Waals surface area contributed by atoms with Crippen molar-refractivity contribution in [1.29, 1.82) is 0 Å². The van der Waals surface area contributed by atoms with Gasteiger partial charge in [0.15, 0.2) is 5.78 Å². The van der Waals surface area contributed by atoms with Crippen molar-refractivity contribution in [2.75, 3.05) is 0 Å². The number of nitrogens with zero attached hydrogens (tertiary/aromatic N) is 1. The molecule has 1 aliphatic carbocycles. The Morgan fingerprint density at radius 3 is 2.56 bits per heavy atom. The largest absolute Gasteiger partial charge is 0.506 e. The second kappa shape index (κ2) is 1.89. The van der Waals surface area contributed by atoms with Crippen LogP contribution in [0.15, 0.2) is 17.0 Å². The average molecular weight is 127 g/mol. The van der Waals surface area contributed by atoms with Gasteiger partial charge in [0.25, 0.3) is 0 Å². The number of carbonyl (C=O) groups is 1. The summed E-state index contributed by atoms with van der Waals surface area (Å²) in [4.78, 5) is 10.4. The molecular weight excluding hydrogens is 122 g/mol. The summed E-state index contributed by atoms with van der Waals surface area (Å²) in [5.74, 6) is -0.470. The zero-order valence-electron chi connectivity index (χ0n) is 4.53. The molecule has 4 nitrogen and oxygen atoms in total. The number of carbonyl (C=O) groups excluding carboxylic acids is 1. The Morgan fingerprint density at radius 1 is 1.67 bits per heavy atom. The van der Waals surface area contributed by atoms with Crippen LogP contribution >= 0.6 is 0 Å². The molecule has 0 unspecified atom stereocenters. The Bertz CT molecular complexity index is 204. The van der Waals surface area contributed by atoms with Gasteiger partial charge in [-0.05, 0) is 0 Å². The minimum Gasteiger partial charge on any atom is -0.506 e. The lowest BCUT2D eigenvalue weighted by molar-refractivity contribution is -0.113. The number of aliphatic hydroxyl groups is 1. The number of hydrogen-bond donors (Lipinski definition) is 2. The number of rotatable bonds is 0. The monoisotopic (exact) mass is 127 g/mol. The van der Waals surface area contributed by atoms with Crippen molar-refractivity contribution in [1.82, 2.24) is 0 Å². The first-order valence-corrected chi connectivity index (χ1v) is 2.39. The van der Waals surface area contributed by atoms with Gasteiger partial charge >= 0.3 is 0 Å². The third-order valence-electron chi connectivity index (χ3n) is 1.06. The van der Waals surface area contributed by atoms with Crippen LogP contribution in [-0.2, 0) is 4.79 Å². The van der Waals surface area contributed by atoms with E-state index in [2.05, 4.69) is 5.16 Å². The van der Waals surface area contributed by atoms with Crippen LogP contribution in [0.2, 0.25) is 0 Å². The Kier molecular flexibility index (Phi) is 1.22. The molecule has 1 aliphatic rings. The van der Waals surface area contributed by atoms with Crippen LogP contribution in [0.1, 0.15) is 6.42 Å². The highest BCUT2D eigenvalue weighted by Crippen LogP contribution is 2.08. The van der Waals surface area contributed by atoms with E-state index in [1.54, 1.807) is 0 Å². The van der Waals surface area contributed by atoms with Gasteiger partial charge < -0.3 is 10.3 Å². The van der Waals surface area contributed by atoms with Gasteiger partial charge in [-0.1, -0.05) is 5.16 Å². The van der Waals surface area contributed by atoms with Crippen LogP contribution in [0.4, 0.5) is 0 Å². The van der Waals surface area contributed by atoms with E-state index >= 15 is 0 Å². The van der Waals surface area contributed by atoms with E-state index in [1.807, 2.05) is 0 Å². The SMILES string of the molecule is O=C1C=C(O)C(=NO)C1. The molecule has 0 heterocycles. The second-order valence-electron chi connectivity index (χ2n) is 1.72. The molecule has 2 N–H and O–H groups in total. The highest BCUT2D eigenvalue weighted by atomic mass is 16.4. The molecule has 4 heteroatoms. The van der Waals surface area contributed by atoms with Crippen molar-refractivity contribution in [2.45, 2.75) is 6.42 Å². The lowest BCUT2D eigenvalue weighted by Gasteiger charge is -1.87. The van der Waals surface area contributed by atoms with Gasteiger partial charge in [-0.2, -0.15) is 0 Å². The number of allylic oxidation sites excluding steroid dienone is 2. The molecule has 0 saturated heterocycles. The number of oxime groups is 1. The maximum Gasteiger partial charge on any atom is 0.165 e. The molecule has 0 bridgehead atoms. The second-order valence-corrected chi connectivity index (χ2v) is 1.72. The van der Waals surface area contributed by atoms with Gasteiger partial charge in [-0.3, -0.25) is 4.79 Å².